The van der Waals surface area contributed by atoms with E-state index in [2.05, 4.69) is 5.32 Å². The van der Waals surface area contributed by atoms with E-state index in [4.69, 9.17) is 10.00 Å². The molecule has 0 saturated carbocycles. The number of halogens is 1. The zero-order valence-corrected chi connectivity index (χ0v) is 8.16. The highest BCUT2D eigenvalue weighted by Crippen LogP contribution is 2.11. The van der Waals surface area contributed by atoms with E-state index in [9.17, 15) is 4.39 Å². The van der Waals surface area contributed by atoms with Crippen LogP contribution in [0.15, 0.2) is 18.2 Å². The van der Waals surface area contributed by atoms with Crippen molar-refractivity contribution in [2.45, 2.75) is 12.7 Å². The van der Waals surface area contributed by atoms with Gasteiger partial charge in [-0.05, 0) is 17.7 Å². The van der Waals surface area contributed by atoms with E-state index >= 15 is 0 Å². The van der Waals surface area contributed by atoms with Crippen molar-refractivity contribution in [3.05, 3.63) is 35.1 Å². The van der Waals surface area contributed by atoms with E-state index in [0.29, 0.717) is 6.61 Å². The SMILES string of the molecule is N#Cc1ccc(COC2CNC2)cc1F. The van der Waals surface area contributed by atoms with E-state index in [1.165, 1.54) is 12.1 Å². The number of nitrogens with one attached hydrogen (secondary N) is 1. The first-order valence-corrected chi connectivity index (χ1v) is 4.80. The van der Waals surface area contributed by atoms with Crippen LogP contribution in [0, 0.1) is 17.1 Å². The number of nitriles is 1. The van der Waals surface area contributed by atoms with Gasteiger partial charge in [0.25, 0.3) is 0 Å². The molecule has 78 valence electrons. The molecule has 1 N–H and O–H groups in total. The first-order chi connectivity index (χ1) is 7.29. The molecule has 4 heteroatoms. The van der Waals surface area contributed by atoms with Gasteiger partial charge in [0.2, 0.25) is 0 Å². The van der Waals surface area contributed by atoms with Crippen LogP contribution in [0.25, 0.3) is 0 Å². The standard InChI is InChI=1S/C11H11FN2O/c12-11-3-8(1-2-9(11)4-13)7-15-10-5-14-6-10/h1-3,10,14H,5-7H2. The quantitative estimate of drug-likeness (QED) is 0.807. The summed E-state index contributed by atoms with van der Waals surface area (Å²) >= 11 is 0. The molecule has 0 spiro atoms. The summed E-state index contributed by atoms with van der Waals surface area (Å²) in [4.78, 5) is 0. The number of rotatable bonds is 3. The number of benzene rings is 1. The predicted molar refractivity (Wildman–Crippen MR) is 52.6 cm³/mol. The van der Waals surface area contributed by atoms with Crippen LogP contribution in [0.3, 0.4) is 0 Å². The molecule has 1 aliphatic heterocycles. The molecule has 1 aromatic rings. The summed E-state index contributed by atoms with van der Waals surface area (Å²) in [6, 6.07) is 6.33. The molecule has 0 radical (unpaired) electrons. The average Bonchev–Trinajstić information content (AvgIpc) is 2.16. The summed E-state index contributed by atoms with van der Waals surface area (Å²) in [7, 11) is 0. The van der Waals surface area contributed by atoms with Gasteiger partial charge in [-0.15, -0.1) is 0 Å². The first kappa shape index (κ1) is 10.1. The Balaban J connectivity index is 1.97. The second-order valence-corrected chi connectivity index (χ2v) is 3.52. The third-order valence-electron chi connectivity index (χ3n) is 2.38. The normalized spacial score (nSPS) is 15.7. The molecular weight excluding hydrogens is 195 g/mol. The zero-order valence-electron chi connectivity index (χ0n) is 8.16. The molecule has 1 heterocycles. The summed E-state index contributed by atoms with van der Waals surface area (Å²) < 4.78 is 18.7. The van der Waals surface area contributed by atoms with E-state index in [1.54, 1.807) is 12.1 Å². The highest BCUT2D eigenvalue weighted by Gasteiger charge is 2.16. The second-order valence-electron chi connectivity index (χ2n) is 3.52. The zero-order chi connectivity index (χ0) is 10.7. The van der Waals surface area contributed by atoms with Crippen molar-refractivity contribution >= 4 is 0 Å². The van der Waals surface area contributed by atoms with Gasteiger partial charge in [0.05, 0.1) is 18.3 Å². The Morgan fingerprint density at radius 3 is 2.87 bits per heavy atom. The molecule has 0 atom stereocenters. The largest absolute Gasteiger partial charge is 0.371 e. The van der Waals surface area contributed by atoms with Gasteiger partial charge in [0, 0.05) is 13.1 Å². The van der Waals surface area contributed by atoms with Crippen LogP contribution < -0.4 is 5.32 Å². The molecule has 3 nitrogen and oxygen atoms in total. The minimum Gasteiger partial charge on any atom is -0.371 e. The fourth-order valence-corrected chi connectivity index (χ4v) is 1.33. The fourth-order valence-electron chi connectivity index (χ4n) is 1.33. The molecule has 1 saturated heterocycles. The Morgan fingerprint density at radius 2 is 2.33 bits per heavy atom. The van der Waals surface area contributed by atoms with Crippen molar-refractivity contribution in [1.29, 1.82) is 5.26 Å². The van der Waals surface area contributed by atoms with Gasteiger partial charge in [-0.3, -0.25) is 0 Å². The van der Waals surface area contributed by atoms with Gasteiger partial charge in [-0.25, -0.2) is 4.39 Å². The minimum atomic E-state index is -0.481. The van der Waals surface area contributed by atoms with Crippen molar-refractivity contribution in [2.24, 2.45) is 0 Å². The number of hydrogen-bond acceptors (Lipinski definition) is 3. The highest BCUT2D eigenvalue weighted by atomic mass is 19.1. The third kappa shape index (κ3) is 2.32. The number of nitrogens with zero attached hydrogens (tertiary/aromatic N) is 1. The molecule has 0 bridgehead atoms. The maximum absolute atomic E-state index is 13.2. The van der Waals surface area contributed by atoms with Crippen molar-refractivity contribution in [3.8, 4) is 6.07 Å². The lowest BCUT2D eigenvalue weighted by atomic mass is 10.1. The Labute approximate surface area is 87.5 Å². The van der Waals surface area contributed by atoms with Crippen LogP contribution in [0.5, 0.6) is 0 Å². The van der Waals surface area contributed by atoms with Gasteiger partial charge >= 0.3 is 0 Å². The molecule has 0 aliphatic carbocycles. The molecular formula is C11H11FN2O. The molecule has 1 aliphatic rings. The topological polar surface area (TPSA) is 45.0 Å². The van der Waals surface area contributed by atoms with E-state index in [1.807, 2.05) is 0 Å². The molecule has 0 aromatic heterocycles. The first-order valence-electron chi connectivity index (χ1n) is 4.80. The van der Waals surface area contributed by atoms with Crippen LogP contribution >= 0.6 is 0 Å². The minimum absolute atomic E-state index is 0.0732. The predicted octanol–water partition coefficient (Wildman–Crippen LogP) is 1.19. The van der Waals surface area contributed by atoms with E-state index in [-0.39, 0.29) is 11.7 Å². The Morgan fingerprint density at radius 1 is 1.53 bits per heavy atom. The number of hydrogen-bond donors (Lipinski definition) is 1. The Bertz CT molecular complexity index is 396. The van der Waals surface area contributed by atoms with E-state index in [0.717, 1.165) is 18.7 Å². The van der Waals surface area contributed by atoms with E-state index < -0.39 is 5.82 Å². The van der Waals surface area contributed by atoms with Gasteiger partial charge < -0.3 is 10.1 Å². The van der Waals surface area contributed by atoms with Crippen LogP contribution in [0.4, 0.5) is 4.39 Å². The third-order valence-corrected chi connectivity index (χ3v) is 2.38. The van der Waals surface area contributed by atoms with Crippen molar-refractivity contribution in [2.75, 3.05) is 13.1 Å². The maximum Gasteiger partial charge on any atom is 0.141 e. The Hall–Kier alpha value is -1.44. The lowest BCUT2D eigenvalue weighted by Crippen LogP contribution is -2.48. The molecule has 0 unspecified atom stereocenters. The fraction of sp³-hybridized carbons (Fsp3) is 0.364. The summed E-state index contributed by atoms with van der Waals surface area (Å²) in [5.41, 5.74) is 0.836. The molecule has 0 amide bonds. The second kappa shape index (κ2) is 4.39. The van der Waals surface area contributed by atoms with Crippen LogP contribution in [0.2, 0.25) is 0 Å². The summed E-state index contributed by atoms with van der Waals surface area (Å²) in [6.45, 7) is 2.12. The van der Waals surface area contributed by atoms with Crippen LogP contribution in [-0.2, 0) is 11.3 Å². The highest BCUT2D eigenvalue weighted by molar-refractivity contribution is 5.33. The monoisotopic (exact) mass is 206 g/mol. The summed E-state index contributed by atoms with van der Waals surface area (Å²) in [5.74, 6) is -0.481. The summed E-state index contributed by atoms with van der Waals surface area (Å²) in [6.07, 6.45) is 0.240. The molecule has 2 rings (SSSR count). The molecule has 1 fully saturated rings. The smallest absolute Gasteiger partial charge is 0.141 e. The van der Waals surface area contributed by atoms with Crippen molar-refractivity contribution in [1.82, 2.24) is 5.32 Å². The number of ether oxygens (including phenoxy) is 1. The maximum atomic E-state index is 13.2. The average molecular weight is 206 g/mol. The Kier molecular flexibility index (Phi) is 2.95. The van der Waals surface area contributed by atoms with Crippen molar-refractivity contribution < 1.29 is 9.13 Å². The van der Waals surface area contributed by atoms with Crippen LogP contribution in [-0.4, -0.2) is 19.2 Å². The van der Waals surface area contributed by atoms with Gasteiger partial charge in [-0.2, -0.15) is 5.26 Å². The lowest BCUT2D eigenvalue weighted by Gasteiger charge is -2.27. The van der Waals surface area contributed by atoms with Crippen molar-refractivity contribution in [3.63, 3.8) is 0 Å². The van der Waals surface area contributed by atoms with Gasteiger partial charge in [0.1, 0.15) is 11.9 Å². The van der Waals surface area contributed by atoms with Crippen LogP contribution in [0.1, 0.15) is 11.1 Å². The summed E-state index contributed by atoms with van der Waals surface area (Å²) in [5, 5.41) is 11.6. The van der Waals surface area contributed by atoms with Gasteiger partial charge in [-0.1, -0.05) is 6.07 Å². The molecule has 15 heavy (non-hydrogen) atoms. The lowest BCUT2D eigenvalue weighted by molar-refractivity contribution is 0.00748. The van der Waals surface area contributed by atoms with Gasteiger partial charge in [0.15, 0.2) is 0 Å². The molecule has 1 aromatic carbocycles.